The number of benzene rings is 2. The van der Waals surface area contributed by atoms with E-state index in [4.69, 9.17) is 4.74 Å². The molecule has 0 amide bonds. The van der Waals surface area contributed by atoms with Gasteiger partial charge in [-0.2, -0.15) is 0 Å². The van der Waals surface area contributed by atoms with E-state index in [-0.39, 0.29) is 0 Å². The fourth-order valence-corrected chi connectivity index (χ4v) is 4.98. The molecule has 0 spiro atoms. The number of hydrogen-bond acceptors (Lipinski definition) is 1. The van der Waals surface area contributed by atoms with Gasteiger partial charge >= 0.3 is 0 Å². The Morgan fingerprint density at radius 1 is 0.667 bits per heavy atom. The van der Waals surface area contributed by atoms with Crippen LogP contribution >= 0.6 is 0 Å². The van der Waals surface area contributed by atoms with Crippen molar-refractivity contribution in [2.45, 2.75) is 103 Å². The van der Waals surface area contributed by atoms with Gasteiger partial charge in [-0.05, 0) is 85.9 Å². The summed E-state index contributed by atoms with van der Waals surface area (Å²) in [6.45, 7) is 5.31. The maximum Gasteiger partial charge on any atom is 0.119 e. The van der Waals surface area contributed by atoms with E-state index >= 15 is 0 Å². The Kier molecular flexibility index (Phi) is 11.4. The van der Waals surface area contributed by atoms with Crippen molar-refractivity contribution in [1.29, 1.82) is 0 Å². The highest BCUT2D eigenvalue weighted by Gasteiger charge is 2.21. The largest absolute Gasteiger partial charge is 0.494 e. The first-order chi connectivity index (χ1) is 16.3. The summed E-state index contributed by atoms with van der Waals surface area (Å²) in [5, 5.41) is 0. The minimum absolute atomic E-state index is 0.744. The summed E-state index contributed by atoms with van der Waals surface area (Å²) in [5.74, 6) is 9.27. The Morgan fingerprint density at radius 3 is 1.88 bits per heavy atom. The molecule has 0 saturated heterocycles. The molecule has 0 N–H and O–H groups in total. The van der Waals surface area contributed by atoms with Crippen LogP contribution in [0.15, 0.2) is 48.5 Å². The summed E-state index contributed by atoms with van der Waals surface area (Å²) in [5.41, 5.74) is 3.64. The Hall–Kier alpha value is -2.20. The molecule has 0 heterocycles. The van der Waals surface area contributed by atoms with Crippen LogP contribution in [0.1, 0.15) is 120 Å². The van der Waals surface area contributed by atoms with Crippen molar-refractivity contribution in [1.82, 2.24) is 0 Å². The Labute approximate surface area is 203 Å². The van der Waals surface area contributed by atoms with Gasteiger partial charge in [-0.15, -0.1) is 0 Å². The molecule has 0 aromatic heterocycles. The third kappa shape index (κ3) is 9.29. The molecule has 178 valence electrons. The van der Waals surface area contributed by atoms with Gasteiger partial charge in [0, 0.05) is 11.1 Å². The van der Waals surface area contributed by atoms with Gasteiger partial charge in [0.1, 0.15) is 5.75 Å². The zero-order chi connectivity index (χ0) is 23.1. The molecule has 1 heteroatoms. The summed E-state index contributed by atoms with van der Waals surface area (Å²) in [7, 11) is 0. The highest BCUT2D eigenvalue weighted by atomic mass is 16.5. The normalized spacial score (nSPS) is 17.9. The second-order valence-corrected chi connectivity index (χ2v) is 9.87. The SMILES string of the molecule is CCCCCCC[C@H]1CC[C@H](c2ccc(C#Cc3ccc(OCCCCC)cc3)cc2)CC1. The van der Waals surface area contributed by atoms with Gasteiger partial charge in [0.25, 0.3) is 0 Å². The second kappa shape index (κ2) is 14.8. The van der Waals surface area contributed by atoms with Crippen molar-refractivity contribution in [3.05, 3.63) is 65.2 Å². The lowest BCUT2D eigenvalue weighted by Gasteiger charge is -2.29. The lowest BCUT2D eigenvalue weighted by Crippen LogP contribution is -2.13. The molecule has 0 aliphatic heterocycles. The van der Waals surface area contributed by atoms with Gasteiger partial charge in [0.05, 0.1) is 6.61 Å². The molecule has 1 aliphatic rings. The smallest absolute Gasteiger partial charge is 0.119 e. The van der Waals surface area contributed by atoms with Crippen molar-refractivity contribution >= 4 is 0 Å². The van der Waals surface area contributed by atoms with E-state index in [0.29, 0.717) is 0 Å². The van der Waals surface area contributed by atoms with Crippen LogP contribution in [0.25, 0.3) is 0 Å². The summed E-state index contributed by atoms with van der Waals surface area (Å²) in [6, 6.07) is 17.2. The average Bonchev–Trinajstić information content (AvgIpc) is 2.87. The Morgan fingerprint density at radius 2 is 1.24 bits per heavy atom. The van der Waals surface area contributed by atoms with Crippen LogP contribution in [0.3, 0.4) is 0 Å². The van der Waals surface area contributed by atoms with Gasteiger partial charge in [-0.25, -0.2) is 0 Å². The van der Waals surface area contributed by atoms with E-state index in [2.05, 4.69) is 62.1 Å². The van der Waals surface area contributed by atoms with Gasteiger partial charge in [-0.3, -0.25) is 0 Å². The molecule has 0 bridgehead atoms. The molecule has 1 nitrogen and oxygen atoms in total. The number of rotatable bonds is 12. The number of unbranched alkanes of at least 4 members (excludes halogenated alkanes) is 6. The third-order valence-electron chi connectivity index (χ3n) is 7.17. The van der Waals surface area contributed by atoms with Crippen molar-refractivity contribution in [3.8, 4) is 17.6 Å². The summed E-state index contributed by atoms with van der Waals surface area (Å²) in [6.07, 6.45) is 17.6. The molecule has 2 aromatic carbocycles. The van der Waals surface area contributed by atoms with Crippen LogP contribution in [0, 0.1) is 17.8 Å². The monoisotopic (exact) mass is 444 g/mol. The fraction of sp³-hybridized carbons (Fsp3) is 0.562. The molecule has 33 heavy (non-hydrogen) atoms. The lowest BCUT2D eigenvalue weighted by atomic mass is 9.77. The van der Waals surface area contributed by atoms with Gasteiger partial charge in [0.2, 0.25) is 0 Å². The van der Waals surface area contributed by atoms with Crippen LogP contribution in [0.4, 0.5) is 0 Å². The van der Waals surface area contributed by atoms with Crippen molar-refractivity contribution in [2.24, 2.45) is 5.92 Å². The molecule has 2 aromatic rings. The van der Waals surface area contributed by atoms with Crippen LogP contribution in [0.2, 0.25) is 0 Å². The Balaban J connectivity index is 1.41. The van der Waals surface area contributed by atoms with E-state index in [1.807, 2.05) is 12.1 Å². The highest BCUT2D eigenvalue weighted by molar-refractivity contribution is 5.45. The lowest BCUT2D eigenvalue weighted by molar-refractivity contribution is 0.302. The molecular formula is C32H44O. The predicted molar refractivity (Wildman–Crippen MR) is 142 cm³/mol. The second-order valence-electron chi connectivity index (χ2n) is 9.87. The Bertz CT molecular complexity index is 829. The summed E-state index contributed by atoms with van der Waals surface area (Å²) >= 11 is 0. The summed E-state index contributed by atoms with van der Waals surface area (Å²) in [4.78, 5) is 0. The third-order valence-corrected chi connectivity index (χ3v) is 7.17. The maximum absolute atomic E-state index is 5.79. The molecule has 3 rings (SSSR count). The molecular weight excluding hydrogens is 400 g/mol. The molecule has 0 radical (unpaired) electrons. The van der Waals surface area contributed by atoms with E-state index in [1.165, 1.54) is 82.6 Å². The van der Waals surface area contributed by atoms with E-state index in [0.717, 1.165) is 41.7 Å². The first-order valence-electron chi connectivity index (χ1n) is 13.6. The van der Waals surface area contributed by atoms with Crippen LogP contribution in [0.5, 0.6) is 5.75 Å². The highest BCUT2D eigenvalue weighted by Crippen LogP contribution is 2.37. The molecule has 0 atom stereocenters. The van der Waals surface area contributed by atoms with Crippen LogP contribution in [-0.2, 0) is 0 Å². The van der Waals surface area contributed by atoms with Crippen molar-refractivity contribution in [3.63, 3.8) is 0 Å². The molecule has 1 saturated carbocycles. The van der Waals surface area contributed by atoms with E-state index < -0.39 is 0 Å². The van der Waals surface area contributed by atoms with Crippen LogP contribution < -0.4 is 4.74 Å². The summed E-state index contributed by atoms with van der Waals surface area (Å²) < 4.78 is 5.79. The average molecular weight is 445 g/mol. The van der Waals surface area contributed by atoms with Crippen molar-refractivity contribution < 1.29 is 4.74 Å². The molecule has 1 aliphatic carbocycles. The first kappa shape index (κ1) is 25.4. The molecule has 0 unspecified atom stereocenters. The van der Waals surface area contributed by atoms with E-state index in [9.17, 15) is 0 Å². The minimum atomic E-state index is 0.744. The minimum Gasteiger partial charge on any atom is -0.494 e. The maximum atomic E-state index is 5.79. The van der Waals surface area contributed by atoms with Gasteiger partial charge < -0.3 is 4.74 Å². The topological polar surface area (TPSA) is 9.23 Å². The fourth-order valence-electron chi connectivity index (χ4n) is 4.98. The van der Waals surface area contributed by atoms with Crippen LogP contribution in [-0.4, -0.2) is 6.61 Å². The predicted octanol–water partition coefficient (Wildman–Crippen LogP) is 9.29. The molecule has 1 fully saturated rings. The standard InChI is InChI=1S/C32H44O/c1-3-5-7-8-9-11-27-14-20-30(21-15-27)31-22-16-28(17-23-31)12-13-29-18-24-32(25-19-29)33-26-10-6-4-2/h16-19,22-25,27,30H,3-11,14-15,20-21,26H2,1-2H3/t27-,30-. The van der Waals surface area contributed by atoms with Crippen molar-refractivity contribution in [2.75, 3.05) is 6.61 Å². The van der Waals surface area contributed by atoms with E-state index in [1.54, 1.807) is 0 Å². The number of hydrogen-bond donors (Lipinski definition) is 0. The quantitative estimate of drug-likeness (QED) is 0.234. The zero-order valence-corrected chi connectivity index (χ0v) is 21.1. The van der Waals surface area contributed by atoms with Gasteiger partial charge in [-0.1, -0.05) is 89.2 Å². The number of ether oxygens (including phenoxy) is 1. The van der Waals surface area contributed by atoms with Gasteiger partial charge in [0.15, 0.2) is 0 Å². The first-order valence-corrected chi connectivity index (χ1v) is 13.6. The zero-order valence-electron chi connectivity index (χ0n) is 21.1.